The van der Waals surface area contributed by atoms with Crippen LogP contribution in [0, 0.1) is 41.5 Å². The second-order valence-corrected chi connectivity index (χ2v) is 17.1. The molecule has 8 aromatic carbocycles. The van der Waals surface area contributed by atoms with E-state index in [0.29, 0.717) is 0 Å². The molecular weight excluding hydrogens is 700 g/mol. The minimum absolute atomic E-state index is 0.0267. The average Bonchev–Trinajstić information content (AvgIpc) is 3.77. The van der Waals surface area contributed by atoms with Crippen molar-refractivity contribution in [3.8, 4) is 27.9 Å². The van der Waals surface area contributed by atoms with E-state index in [4.69, 9.17) is 4.42 Å². The Hall–Kier alpha value is -6.51. The summed E-state index contributed by atoms with van der Waals surface area (Å²) >= 11 is 0. The third-order valence-corrected chi connectivity index (χ3v) is 13.5. The molecule has 0 spiro atoms. The maximum absolute atomic E-state index is 7.18. The van der Waals surface area contributed by atoms with Crippen LogP contribution in [-0.4, -0.2) is 18.0 Å². The fourth-order valence-electron chi connectivity index (χ4n) is 11.7. The van der Waals surface area contributed by atoms with Gasteiger partial charge in [-0.3, -0.25) is 0 Å². The third-order valence-electron chi connectivity index (χ3n) is 13.5. The summed E-state index contributed by atoms with van der Waals surface area (Å²) in [6.07, 6.45) is 0. The molecule has 274 valence electrons. The topological polar surface area (TPSA) is 18.1 Å². The van der Waals surface area contributed by atoms with E-state index in [1.807, 2.05) is 0 Å². The van der Waals surface area contributed by atoms with Crippen LogP contribution in [0.25, 0.3) is 71.7 Å². The van der Waals surface area contributed by atoms with E-state index in [9.17, 15) is 0 Å². The summed E-state index contributed by atoms with van der Waals surface area (Å²) in [5.41, 5.74) is 26.9. The van der Waals surface area contributed by atoms with Gasteiger partial charge in [0.05, 0.1) is 5.52 Å². The molecule has 2 nitrogen and oxygen atoms in total. The van der Waals surface area contributed by atoms with Crippen LogP contribution >= 0.6 is 0 Å². The smallest absolute Gasteiger partial charge is 0.248 e. The Morgan fingerprint density at radius 2 is 1.00 bits per heavy atom. The second-order valence-electron chi connectivity index (χ2n) is 17.1. The van der Waals surface area contributed by atoms with Gasteiger partial charge in [-0.15, -0.1) is 0 Å². The van der Waals surface area contributed by atoms with Crippen LogP contribution in [0.1, 0.15) is 33.4 Å². The molecule has 2 aromatic heterocycles. The fraction of sp³-hybridized carbons (Fsp3) is 0.111. The first-order valence-corrected chi connectivity index (χ1v) is 20.7. The Balaban J connectivity index is 1.41. The Labute approximate surface area is 339 Å². The summed E-state index contributed by atoms with van der Waals surface area (Å²) in [6.45, 7) is 13.7. The molecule has 0 bridgehead atoms. The zero-order valence-electron chi connectivity index (χ0n) is 33.8. The van der Waals surface area contributed by atoms with Crippen LogP contribution in [0.5, 0.6) is 0 Å². The molecule has 0 fully saturated rings. The highest BCUT2D eigenvalue weighted by Crippen LogP contribution is 2.47. The molecule has 0 aliphatic carbocycles. The van der Waals surface area contributed by atoms with E-state index in [1.54, 1.807) is 0 Å². The molecule has 2 aliphatic heterocycles. The lowest BCUT2D eigenvalue weighted by molar-refractivity contribution is 0.670. The maximum atomic E-state index is 7.18. The standard InChI is InChI=1S/C54H41B2NO/c1-30-26-32(3)47(33(4)27-30)55-41-21-15-22-42-52(41)57-51-40(25-24-38(49(51)55)36-16-9-7-10-17-36)45-46-39-20-13-14-23-43(39)58-54(46)44(37-18-11-8-12-19-37)50(53(45)57)56(42)48-34(5)28-31(2)29-35(48)6/h7-29H,1-6H3. The zero-order valence-corrected chi connectivity index (χ0v) is 33.8. The summed E-state index contributed by atoms with van der Waals surface area (Å²) in [5, 5.41) is 4.94. The van der Waals surface area contributed by atoms with Crippen molar-refractivity contribution < 1.29 is 4.42 Å². The number of aryl methyl sites for hydroxylation is 6. The lowest BCUT2D eigenvalue weighted by Crippen LogP contribution is -2.64. The van der Waals surface area contributed by atoms with Crippen molar-refractivity contribution in [3.05, 3.63) is 173 Å². The Morgan fingerprint density at radius 3 is 1.62 bits per heavy atom. The van der Waals surface area contributed by atoms with Crippen molar-refractivity contribution in [2.45, 2.75) is 41.5 Å². The number of hydrogen-bond acceptors (Lipinski definition) is 1. The van der Waals surface area contributed by atoms with Gasteiger partial charge in [-0.1, -0.05) is 178 Å². The molecule has 58 heavy (non-hydrogen) atoms. The number of fused-ring (bicyclic) bond motifs is 5. The van der Waals surface area contributed by atoms with E-state index in [-0.39, 0.29) is 13.4 Å². The lowest BCUT2D eigenvalue weighted by Gasteiger charge is -2.37. The Morgan fingerprint density at radius 1 is 0.448 bits per heavy atom. The largest absolute Gasteiger partial charge is 0.455 e. The highest BCUT2D eigenvalue weighted by atomic mass is 16.3. The van der Waals surface area contributed by atoms with Crippen LogP contribution < -0.4 is 32.8 Å². The van der Waals surface area contributed by atoms with Crippen LogP contribution in [-0.2, 0) is 0 Å². The number of nitrogens with zero attached hydrogens (tertiary/aromatic N) is 1. The predicted octanol–water partition coefficient (Wildman–Crippen LogP) is 9.53. The summed E-state index contributed by atoms with van der Waals surface area (Å²) in [7, 11) is 0. The van der Waals surface area contributed by atoms with Crippen molar-refractivity contribution in [3.63, 3.8) is 0 Å². The van der Waals surface area contributed by atoms with Crippen LogP contribution in [0.3, 0.4) is 0 Å². The van der Waals surface area contributed by atoms with Crippen molar-refractivity contribution in [1.29, 1.82) is 0 Å². The SMILES string of the molecule is Cc1cc(C)c(B2c3cccc4c3-n3c5c2c(-c2ccccc2)ccc5c2c5c(oc6ccccc65)c(-c5ccccc5)c(c23)B4c2c(C)cc(C)cc2C)c(C)c1. The first kappa shape index (κ1) is 33.6. The molecule has 0 radical (unpaired) electrons. The van der Waals surface area contributed by atoms with Gasteiger partial charge in [0, 0.05) is 38.3 Å². The first-order valence-electron chi connectivity index (χ1n) is 20.7. The number of benzene rings is 8. The number of hydrogen-bond donors (Lipinski definition) is 0. The monoisotopic (exact) mass is 741 g/mol. The number of rotatable bonds is 4. The molecule has 4 heteroatoms. The zero-order chi connectivity index (χ0) is 39.1. The van der Waals surface area contributed by atoms with Crippen LogP contribution in [0.4, 0.5) is 0 Å². The van der Waals surface area contributed by atoms with Crippen molar-refractivity contribution in [1.82, 2.24) is 4.57 Å². The van der Waals surface area contributed by atoms with Crippen molar-refractivity contribution in [2.75, 3.05) is 0 Å². The predicted molar refractivity (Wildman–Crippen MR) is 250 cm³/mol. The minimum Gasteiger partial charge on any atom is -0.455 e. The summed E-state index contributed by atoms with van der Waals surface area (Å²) in [4.78, 5) is 0. The average molecular weight is 742 g/mol. The van der Waals surface area contributed by atoms with E-state index < -0.39 is 0 Å². The second kappa shape index (κ2) is 12.0. The lowest BCUT2D eigenvalue weighted by atomic mass is 9.29. The molecule has 0 amide bonds. The van der Waals surface area contributed by atoms with Crippen molar-refractivity contribution >= 4 is 89.9 Å². The van der Waals surface area contributed by atoms with E-state index in [2.05, 4.69) is 186 Å². The van der Waals surface area contributed by atoms with Gasteiger partial charge in [0.15, 0.2) is 0 Å². The quantitative estimate of drug-likeness (QED) is 0.165. The van der Waals surface area contributed by atoms with E-state index in [1.165, 1.54) is 121 Å². The minimum atomic E-state index is -0.0290. The van der Waals surface area contributed by atoms with Gasteiger partial charge in [0.25, 0.3) is 0 Å². The molecule has 0 N–H and O–H groups in total. The molecule has 0 saturated carbocycles. The number of aromatic nitrogens is 1. The van der Waals surface area contributed by atoms with Gasteiger partial charge in [0.1, 0.15) is 11.2 Å². The molecule has 0 atom stereocenters. The molecule has 0 unspecified atom stereocenters. The van der Waals surface area contributed by atoms with Crippen LogP contribution in [0.2, 0.25) is 0 Å². The number of furan rings is 1. The Bertz CT molecular complexity index is 3360. The first-order chi connectivity index (χ1) is 28.3. The van der Waals surface area contributed by atoms with E-state index >= 15 is 0 Å². The van der Waals surface area contributed by atoms with Crippen LogP contribution in [0.15, 0.2) is 144 Å². The summed E-state index contributed by atoms with van der Waals surface area (Å²) < 4.78 is 9.90. The fourth-order valence-corrected chi connectivity index (χ4v) is 11.7. The molecule has 2 aliphatic rings. The highest BCUT2D eigenvalue weighted by molar-refractivity contribution is 7.03. The molecular formula is C54H41B2NO. The molecule has 4 heterocycles. The maximum Gasteiger partial charge on any atom is 0.248 e. The van der Waals surface area contributed by atoms with Gasteiger partial charge < -0.3 is 8.98 Å². The molecule has 0 saturated heterocycles. The normalized spacial score (nSPS) is 12.9. The Kier molecular flexibility index (Phi) is 6.96. The van der Waals surface area contributed by atoms with E-state index in [0.717, 1.165) is 16.6 Å². The van der Waals surface area contributed by atoms with Crippen molar-refractivity contribution in [2.24, 2.45) is 0 Å². The van der Waals surface area contributed by atoms with Gasteiger partial charge in [-0.25, -0.2) is 0 Å². The summed E-state index contributed by atoms with van der Waals surface area (Å²) in [6, 6.07) is 52.3. The summed E-state index contributed by atoms with van der Waals surface area (Å²) in [5.74, 6) is 0. The molecule has 12 rings (SSSR count). The highest BCUT2D eigenvalue weighted by Gasteiger charge is 2.46. The molecule has 10 aromatic rings. The third kappa shape index (κ3) is 4.35. The number of para-hydroxylation sites is 2. The van der Waals surface area contributed by atoms with Gasteiger partial charge >= 0.3 is 0 Å². The van der Waals surface area contributed by atoms with Gasteiger partial charge in [-0.05, 0) is 86.2 Å². The van der Waals surface area contributed by atoms with Gasteiger partial charge in [0.2, 0.25) is 13.4 Å². The van der Waals surface area contributed by atoms with Gasteiger partial charge in [-0.2, -0.15) is 0 Å².